The van der Waals surface area contributed by atoms with E-state index in [0.29, 0.717) is 12.5 Å². The van der Waals surface area contributed by atoms with Crippen LogP contribution in [0.25, 0.3) is 0 Å². The number of carbonyl (C=O) groups is 1. The predicted molar refractivity (Wildman–Crippen MR) is 122 cm³/mol. The van der Waals surface area contributed by atoms with Crippen LogP contribution >= 0.6 is 11.8 Å². The minimum Gasteiger partial charge on any atom is -0.333 e. The van der Waals surface area contributed by atoms with E-state index in [0.717, 1.165) is 31.4 Å². The van der Waals surface area contributed by atoms with E-state index in [-0.39, 0.29) is 5.91 Å². The van der Waals surface area contributed by atoms with Gasteiger partial charge in [-0.25, -0.2) is 0 Å². The number of amides is 1. The van der Waals surface area contributed by atoms with Crippen LogP contribution in [0.1, 0.15) is 80.1 Å². The molecule has 0 aromatic rings. The van der Waals surface area contributed by atoms with Crippen LogP contribution in [0.15, 0.2) is 45.3 Å². The number of hydrogen-bond donors (Lipinski definition) is 0. The van der Waals surface area contributed by atoms with Gasteiger partial charge in [0.15, 0.2) is 0 Å². The predicted octanol–water partition coefficient (Wildman–Crippen LogP) is 7.26. The molecule has 0 bridgehead atoms. The second-order valence-corrected chi connectivity index (χ2v) is 8.61. The summed E-state index contributed by atoms with van der Waals surface area (Å²) in [6.45, 7) is 18.6. The zero-order chi connectivity index (χ0) is 20.4. The maximum absolute atomic E-state index is 13.5. The van der Waals surface area contributed by atoms with Crippen LogP contribution < -0.4 is 0 Å². The Kier molecular flexibility index (Phi) is 10.8. The van der Waals surface area contributed by atoms with Gasteiger partial charge in [-0.1, -0.05) is 64.3 Å². The molecule has 0 radical (unpaired) electrons. The zero-order valence-electron chi connectivity index (χ0n) is 18.4. The van der Waals surface area contributed by atoms with Crippen molar-refractivity contribution in [3.8, 4) is 0 Å². The minimum absolute atomic E-state index is 0.199. The largest absolute Gasteiger partial charge is 0.333 e. The lowest BCUT2D eigenvalue weighted by Gasteiger charge is -2.31. The SMILES string of the molecule is C=CSC1=C(C)CCN(C(=O)C(=C/CC)/C(CC)=C(\C)C(C)CCCC)C1. The van der Waals surface area contributed by atoms with Crippen molar-refractivity contribution in [2.75, 3.05) is 13.1 Å². The molecule has 1 rings (SSSR count). The van der Waals surface area contributed by atoms with Crippen molar-refractivity contribution in [2.24, 2.45) is 5.92 Å². The molecule has 0 N–H and O–H groups in total. The number of allylic oxidation sites excluding steroid dienone is 2. The summed E-state index contributed by atoms with van der Waals surface area (Å²) in [5, 5.41) is 1.87. The van der Waals surface area contributed by atoms with Crippen LogP contribution in [0, 0.1) is 5.92 Å². The van der Waals surface area contributed by atoms with E-state index in [1.165, 1.54) is 40.9 Å². The molecule has 2 nitrogen and oxygen atoms in total. The monoisotopic (exact) mass is 389 g/mol. The first-order chi connectivity index (χ1) is 12.9. The van der Waals surface area contributed by atoms with E-state index in [4.69, 9.17) is 0 Å². The second-order valence-electron chi connectivity index (χ2n) is 7.55. The molecule has 0 saturated carbocycles. The molecule has 1 aliphatic heterocycles. The maximum atomic E-state index is 13.5. The molecule has 1 atom stereocenters. The standard InChI is InChI=1S/C24H39NOS/c1-8-12-14-18(5)20(7)21(10-3)22(13-9-2)24(26)25-16-15-19(6)23(17-25)27-11-4/h11,13,18H,4,8-10,12,14-17H2,1-3,5-7H3/b21-20+,22-13+. The fourth-order valence-corrected chi connectivity index (χ4v) is 4.40. The van der Waals surface area contributed by atoms with Crippen molar-refractivity contribution in [3.05, 3.63) is 45.3 Å². The normalized spacial score (nSPS) is 17.7. The third-order valence-corrected chi connectivity index (χ3v) is 6.53. The number of nitrogens with zero attached hydrogens (tertiary/aromatic N) is 1. The molecular weight excluding hydrogens is 350 g/mol. The average Bonchev–Trinajstić information content (AvgIpc) is 2.67. The van der Waals surface area contributed by atoms with Gasteiger partial charge in [-0.3, -0.25) is 4.79 Å². The Morgan fingerprint density at radius 1 is 1.33 bits per heavy atom. The fourth-order valence-electron chi connectivity index (χ4n) is 3.66. The Hall–Kier alpha value is -1.22. The Morgan fingerprint density at radius 3 is 2.59 bits per heavy atom. The van der Waals surface area contributed by atoms with E-state index >= 15 is 0 Å². The van der Waals surface area contributed by atoms with Crippen molar-refractivity contribution < 1.29 is 4.79 Å². The summed E-state index contributed by atoms with van der Waals surface area (Å²) in [6.07, 6.45) is 8.56. The van der Waals surface area contributed by atoms with E-state index < -0.39 is 0 Å². The maximum Gasteiger partial charge on any atom is 0.254 e. The van der Waals surface area contributed by atoms with Crippen LogP contribution in [0.4, 0.5) is 0 Å². The second kappa shape index (κ2) is 12.3. The molecule has 0 aromatic heterocycles. The van der Waals surface area contributed by atoms with Crippen molar-refractivity contribution in [1.29, 1.82) is 0 Å². The Balaban J connectivity index is 3.14. The van der Waals surface area contributed by atoms with Crippen LogP contribution in [-0.4, -0.2) is 23.9 Å². The summed E-state index contributed by atoms with van der Waals surface area (Å²) >= 11 is 1.66. The summed E-state index contributed by atoms with van der Waals surface area (Å²) in [4.78, 5) is 16.8. The fraction of sp³-hybridized carbons (Fsp3) is 0.625. The molecule has 1 amide bonds. The third kappa shape index (κ3) is 6.71. The van der Waals surface area contributed by atoms with Gasteiger partial charge in [0.2, 0.25) is 0 Å². The Morgan fingerprint density at radius 2 is 2.04 bits per heavy atom. The van der Waals surface area contributed by atoms with E-state index in [1.807, 2.05) is 10.3 Å². The summed E-state index contributed by atoms with van der Waals surface area (Å²) in [5.41, 5.74) is 4.97. The van der Waals surface area contributed by atoms with Crippen molar-refractivity contribution in [2.45, 2.75) is 80.1 Å². The number of unbranched alkanes of at least 4 members (excludes halogenated alkanes) is 1. The van der Waals surface area contributed by atoms with Gasteiger partial charge in [0, 0.05) is 17.0 Å². The van der Waals surface area contributed by atoms with Gasteiger partial charge >= 0.3 is 0 Å². The summed E-state index contributed by atoms with van der Waals surface area (Å²) in [5.74, 6) is 0.730. The highest BCUT2D eigenvalue weighted by molar-refractivity contribution is 8.05. The first-order valence-electron chi connectivity index (χ1n) is 10.6. The van der Waals surface area contributed by atoms with E-state index in [9.17, 15) is 4.79 Å². The van der Waals surface area contributed by atoms with Gasteiger partial charge in [-0.05, 0) is 56.4 Å². The van der Waals surface area contributed by atoms with E-state index in [1.54, 1.807) is 11.8 Å². The van der Waals surface area contributed by atoms with Gasteiger partial charge < -0.3 is 4.90 Å². The average molecular weight is 390 g/mol. The first kappa shape index (κ1) is 23.8. The quantitative estimate of drug-likeness (QED) is 0.289. The van der Waals surface area contributed by atoms with Crippen molar-refractivity contribution >= 4 is 17.7 Å². The molecule has 0 aromatic carbocycles. The highest BCUT2D eigenvalue weighted by Crippen LogP contribution is 2.32. The Bertz CT molecular complexity index is 612. The molecule has 1 aliphatic rings. The molecule has 0 spiro atoms. The molecule has 0 fully saturated rings. The highest BCUT2D eigenvalue weighted by atomic mass is 32.2. The van der Waals surface area contributed by atoms with Crippen molar-refractivity contribution in [3.63, 3.8) is 0 Å². The van der Waals surface area contributed by atoms with Crippen molar-refractivity contribution in [1.82, 2.24) is 4.90 Å². The van der Waals surface area contributed by atoms with Crippen LogP contribution in [0.5, 0.6) is 0 Å². The van der Waals surface area contributed by atoms with Gasteiger partial charge in [-0.2, -0.15) is 0 Å². The smallest absolute Gasteiger partial charge is 0.254 e. The van der Waals surface area contributed by atoms with Gasteiger partial charge in [-0.15, -0.1) is 11.8 Å². The minimum atomic E-state index is 0.199. The van der Waals surface area contributed by atoms with Crippen LogP contribution in [0.3, 0.4) is 0 Å². The number of hydrogen-bond acceptors (Lipinski definition) is 2. The molecule has 152 valence electrons. The molecule has 1 heterocycles. The molecule has 1 unspecified atom stereocenters. The summed E-state index contributed by atoms with van der Waals surface area (Å²) < 4.78 is 0. The van der Waals surface area contributed by atoms with E-state index in [2.05, 4.69) is 54.2 Å². The number of thioether (sulfide) groups is 1. The van der Waals surface area contributed by atoms with Crippen LogP contribution in [-0.2, 0) is 4.79 Å². The van der Waals surface area contributed by atoms with Gasteiger partial charge in [0.1, 0.15) is 0 Å². The summed E-state index contributed by atoms with van der Waals surface area (Å²) in [6, 6.07) is 0. The van der Waals surface area contributed by atoms with Gasteiger partial charge in [0.25, 0.3) is 5.91 Å². The molecule has 0 saturated heterocycles. The van der Waals surface area contributed by atoms with Gasteiger partial charge in [0.05, 0.1) is 6.54 Å². The first-order valence-corrected chi connectivity index (χ1v) is 11.4. The molecular formula is C24H39NOS. The highest BCUT2D eigenvalue weighted by Gasteiger charge is 2.26. The zero-order valence-corrected chi connectivity index (χ0v) is 19.2. The molecule has 0 aliphatic carbocycles. The lowest BCUT2D eigenvalue weighted by Crippen LogP contribution is -2.37. The lowest BCUT2D eigenvalue weighted by atomic mass is 9.87. The molecule has 27 heavy (non-hydrogen) atoms. The van der Waals surface area contributed by atoms with Crippen LogP contribution in [0.2, 0.25) is 0 Å². The number of carbonyl (C=O) groups excluding carboxylic acids is 1. The number of rotatable bonds is 10. The topological polar surface area (TPSA) is 20.3 Å². The summed E-state index contributed by atoms with van der Waals surface area (Å²) in [7, 11) is 0. The Labute approximate surface area is 171 Å². The lowest BCUT2D eigenvalue weighted by molar-refractivity contribution is -0.126. The third-order valence-electron chi connectivity index (χ3n) is 5.60. The molecule has 3 heteroatoms.